The molecule has 352 valence electrons. The maximum absolute atomic E-state index is 13.9. The van der Waals surface area contributed by atoms with Crippen LogP contribution in [0.1, 0.15) is 51.8 Å². The average molecular weight is 941 g/mol. The topological polar surface area (TPSA) is 444 Å². The zero-order chi connectivity index (χ0) is 49.3. The zero-order valence-corrected chi connectivity index (χ0v) is 33.1. The van der Waals surface area contributed by atoms with Crippen LogP contribution in [-0.2, 0) is 28.4 Å². The van der Waals surface area contributed by atoms with Crippen LogP contribution >= 0.6 is 0 Å². The van der Waals surface area contributed by atoms with Crippen LogP contribution in [0.25, 0.3) is 0 Å². The Morgan fingerprint density at radius 2 is 0.582 bits per heavy atom. The third kappa shape index (κ3) is 9.67. The van der Waals surface area contributed by atoms with Crippen molar-refractivity contribution in [2.75, 3.05) is 6.61 Å². The van der Waals surface area contributed by atoms with Gasteiger partial charge in [0.05, 0.1) is 27.8 Å². The maximum atomic E-state index is 13.9. The molecule has 0 unspecified atom stereocenters. The van der Waals surface area contributed by atoms with E-state index in [0.717, 1.165) is 0 Å². The number of ether oxygens (including phenoxy) is 6. The Balaban J connectivity index is 1.52. The second kappa shape index (κ2) is 18.3. The van der Waals surface area contributed by atoms with Gasteiger partial charge in [0.25, 0.3) is 0 Å². The standard InChI is InChI=1S/C41H32O26/c42-17-1-12(2-18(43)28(17)52)36(57)62-11-27-33(64-37(58)13-3-19(44)29(53)20(45)4-13)34(65-38(59)14-5-21(46)30(54)22(47)6-14)35(66-39(60)15-7-23(48)31(55)24(49)8-15)41(63-27)67-40(61)16-9-25(50)32(56)26(51)10-16/h1-10,27,33-35,41-56H,11H2/t27-,33-,34+,35+,41-/m1/s1. The molecule has 5 atom stereocenters. The summed E-state index contributed by atoms with van der Waals surface area (Å²) in [6.07, 6.45) is -12.2. The van der Waals surface area contributed by atoms with Crippen LogP contribution in [0.4, 0.5) is 0 Å². The number of carbonyl (C=O) groups is 5. The van der Waals surface area contributed by atoms with Crippen LogP contribution in [0.3, 0.4) is 0 Å². The molecule has 0 amide bonds. The molecular weight excluding hydrogens is 908 g/mol. The van der Waals surface area contributed by atoms with Crippen LogP contribution in [0, 0.1) is 0 Å². The molecule has 26 heteroatoms. The van der Waals surface area contributed by atoms with Gasteiger partial charge in [-0.15, -0.1) is 0 Å². The van der Waals surface area contributed by atoms with E-state index in [4.69, 9.17) is 28.4 Å². The molecule has 67 heavy (non-hydrogen) atoms. The molecule has 0 saturated carbocycles. The molecular formula is C41H32O26. The summed E-state index contributed by atoms with van der Waals surface area (Å²) in [6.45, 7) is -1.25. The van der Waals surface area contributed by atoms with Gasteiger partial charge in [-0.3, -0.25) is 0 Å². The number of rotatable bonds is 11. The maximum Gasteiger partial charge on any atom is 0.340 e. The monoisotopic (exact) mass is 940 g/mol. The van der Waals surface area contributed by atoms with Gasteiger partial charge in [-0.1, -0.05) is 0 Å². The Hall–Kier alpha value is -9.59. The van der Waals surface area contributed by atoms with E-state index in [0.29, 0.717) is 60.7 Å². The Kier molecular flexibility index (Phi) is 12.8. The van der Waals surface area contributed by atoms with Crippen molar-refractivity contribution < 1.29 is 129 Å². The van der Waals surface area contributed by atoms with Crippen molar-refractivity contribution in [2.24, 2.45) is 0 Å². The molecule has 26 nitrogen and oxygen atoms in total. The largest absolute Gasteiger partial charge is 0.504 e. The van der Waals surface area contributed by atoms with Gasteiger partial charge in [-0.2, -0.15) is 0 Å². The molecule has 1 fully saturated rings. The van der Waals surface area contributed by atoms with E-state index in [1.165, 1.54) is 0 Å². The van der Waals surface area contributed by atoms with E-state index >= 15 is 0 Å². The van der Waals surface area contributed by atoms with Gasteiger partial charge in [0.15, 0.2) is 98.5 Å². The van der Waals surface area contributed by atoms with Crippen molar-refractivity contribution in [1.82, 2.24) is 0 Å². The highest BCUT2D eigenvalue weighted by molar-refractivity contribution is 5.94. The van der Waals surface area contributed by atoms with Crippen molar-refractivity contribution in [3.63, 3.8) is 0 Å². The van der Waals surface area contributed by atoms with Gasteiger partial charge >= 0.3 is 29.8 Å². The fourth-order valence-corrected chi connectivity index (χ4v) is 6.11. The molecule has 15 N–H and O–H groups in total. The third-order valence-corrected chi connectivity index (χ3v) is 9.45. The minimum absolute atomic E-state index is 0.534. The predicted octanol–water partition coefficient (Wildman–Crippen LogP) is 1.69. The Labute approximate surface area is 370 Å². The first-order valence-electron chi connectivity index (χ1n) is 18.4. The predicted molar refractivity (Wildman–Crippen MR) is 209 cm³/mol. The van der Waals surface area contributed by atoms with Crippen molar-refractivity contribution in [3.05, 3.63) is 88.5 Å². The lowest BCUT2D eigenvalue weighted by Gasteiger charge is -2.43. The number of phenols is 15. The van der Waals surface area contributed by atoms with Crippen molar-refractivity contribution in [2.45, 2.75) is 30.7 Å². The quantitative estimate of drug-likeness (QED) is 0.0509. The van der Waals surface area contributed by atoms with Crippen molar-refractivity contribution in [3.8, 4) is 86.2 Å². The Morgan fingerprint density at radius 3 is 0.881 bits per heavy atom. The molecule has 1 heterocycles. The summed E-state index contributed by atoms with van der Waals surface area (Å²) in [5.74, 6) is -24.5. The molecule has 0 aromatic heterocycles. The van der Waals surface area contributed by atoms with Crippen LogP contribution in [-0.4, -0.2) is 144 Å². The fraction of sp³-hybridized carbons (Fsp3) is 0.146. The van der Waals surface area contributed by atoms with Gasteiger partial charge in [-0.05, 0) is 60.7 Å². The van der Waals surface area contributed by atoms with Crippen LogP contribution in [0.15, 0.2) is 60.7 Å². The Morgan fingerprint density at radius 1 is 0.343 bits per heavy atom. The highest BCUT2D eigenvalue weighted by atomic mass is 16.7. The lowest BCUT2D eigenvalue weighted by atomic mass is 9.97. The summed E-state index contributed by atoms with van der Waals surface area (Å²) in [5.41, 5.74) is -3.88. The van der Waals surface area contributed by atoms with E-state index in [2.05, 4.69) is 0 Å². The van der Waals surface area contributed by atoms with Gasteiger partial charge in [0.2, 0.25) is 12.4 Å². The van der Waals surface area contributed by atoms with E-state index < -0.39 is 181 Å². The Bertz CT molecular complexity index is 2720. The highest BCUT2D eigenvalue weighted by Gasteiger charge is 2.55. The van der Waals surface area contributed by atoms with Crippen LogP contribution in [0.5, 0.6) is 86.2 Å². The molecule has 5 aromatic carbocycles. The van der Waals surface area contributed by atoms with Crippen molar-refractivity contribution >= 4 is 29.8 Å². The van der Waals surface area contributed by atoms with Gasteiger partial charge in [0, 0.05) is 0 Å². The molecule has 0 bridgehead atoms. The second-order valence-electron chi connectivity index (χ2n) is 14.0. The van der Waals surface area contributed by atoms with E-state index in [1.807, 2.05) is 0 Å². The summed E-state index contributed by atoms with van der Waals surface area (Å²) in [6, 6.07) is 5.60. The minimum atomic E-state index is -2.56. The smallest absolute Gasteiger partial charge is 0.340 e. The number of esters is 5. The lowest BCUT2D eigenvalue weighted by molar-refractivity contribution is -0.282. The van der Waals surface area contributed by atoms with Gasteiger partial charge < -0.3 is 105 Å². The van der Waals surface area contributed by atoms with Crippen LogP contribution < -0.4 is 0 Å². The molecule has 1 saturated heterocycles. The number of aromatic hydroxyl groups is 15. The molecule has 6 rings (SSSR count). The number of phenolic OH excluding ortho intramolecular Hbond substituents is 15. The van der Waals surface area contributed by atoms with E-state index in [1.54, 1.807) is 0 Å². The highest BCUT2D eigenvalue weighted by Crippen LogP contribution is 2.41. The van der Waals surface area contributed by atoms with Gasteiger partial charge in [0.1, 0.15) is 12.7 Å². The minimum Gasteiger partial charge on any atom is -0.504 e. The molecule has 1 aliphatic heterocycles. The first kappa shape index (κ1) is 46.9. The summed E-state index contributed by atoms with van der Waals surface area (Å²) >= 11 is 0. The van der Waals surface area contributed by atoms with E-state index in [-0.39, 0.29) is 0 Å². The fourth-order valence-electron chi connectivity index (χ4n) is 6.11. The van der Waals surface area contributed by atoms with Gasteiger partial charge in [-0.25, -0.2) is 24.0 Å². The molecule has 5 aromatic rings. The third-order valence-electron chi connectivity index (χ3n) is 9.45. The summed E-state index contributed by atoms with van der Waals surface area (Å²) in [5, 5.41) is 150. The SMILES string of the molecule is O=C(OC[C@H]1O[C@H](OC(=O)c2cc(O)c(O)c(O)c2)[C@@H](OC(=O)c2cc(O)c(O)c(O)c2)[C@@H](OC(=O)c2cc(O)c(O)c(O)c2)[C@@H]1OC(=O)c1cc(O)c(O)c(O)c1)c1cc(O)c(O)c(O)c1. The molecule has 0 radical (unpaired) electrons. The van der Waals surface area contributed by atoms with E-state index in [9.17, 15) is 101 Å². The molecule has 1 aliphatic rings. The average Bonchev–Trinajstić information content (AvgIpc) is 3.27. The number of benzene rings is 5. The second-order valence-corrected chi connectivity index (χ2v) is 14.0. The zero-order valence-electron chi connectivity index (χ0n) is 33.1. The summed E-state index contributed by atoms with van der Waals surface area (Å²) in [7, 11) is 0. The normalized spacial score (nSPS) is 17.7. The van der Waals surface area contributed by atoms with Crippen LogP contribution in [0.2, 0.25) is 0 Å². The molecule has 0 aliphatic carbocycles. The molecule has 0 spiro atoms. The lowest BCUT2D eigenvalue weighted by Crippen LogP contribution is -2.63. The summed E-state index contributed by atoms with van der Waals surface area (Å²) in [4.78, 5) is 68.5. The first-order chi connectivity index (χ1) is 31.4. The van der Waals surface area contributed by atoms with Crippen molar-refractivity contribution in [1.29, 1.82) is 0 Å². The first-order valence-corrected chi connectivity index (χ1v) is 18.4. The summed E-state index contributed by atoms with van der Waals surface area (Å²) < 4.78 is 33.2. The number of hydrogen-bond acceptors (Lipinski definition) is 26. The number of hydrogen-bond donors (Lipinski definition) is 15. The number of carbonyl (C=O) groups excluding carboxylic acids is 5.